The Labute approximate surface area is 176 Å². The van der Waals surface area contributed by atoms with Crippen molar-refractivity contribution in [1.82, 2.24) is 4.90 Å². The summed E-state index contributed by atoms with van der Waals surface area (Å²) < 4.78 is 7.03. The summed E-state index contributed by atoms with van der Waals surface area (Å²) in [5, 5.41) is 0. The quantitative estimate of drug-likeness (QED) is 0.496. The standard InChI is InChI=1S/C19H19BrN2O3S2/c1-2-7-21-14-6-5-11(20)9-13(14)15(17(21)23)16-18(24)22(19(26)27-16)10-12-4-3-8-25-12/h5-6,9,12H,2-4,7-8,10H2,1H3/b16-15-/t12-/m1/s1. The molecule has 0 N–H and O–H groups in total. The summed E-state index contributed by atoms with van der Waals surface area (Å²) in [6, 6.07) is 5.75. The zero-order valence-electron chi connectivity index (χ0n) is 14.9. The minimum absolute atomic E-state index is 0.0224. The number of carbonyl (C=O) groups excluding carboxylic acids is 2. The normalized spacial score (nSPS) is 25.1. The number of rotatable bonds is 4. The number of thioether (sulfide) groups is 1. The summed E-state index contributed by atoms with van der Waals surface area (Å²) in [5.74, 6) is -0.310. The van der Waals surface area contributed by atoms with Crippen LogP contribution < -0.4 is 4.90 Å². The van der Waals surface area contributed by atoms with Crippen LogP contribution >= 0.6 is 39.9 Å². The van der Waals surface area contributed by atoms with Crippen LogP contribution in [0.15, 0.2) is 27.6 Å². The summed E-state index contributed by atoms with van der Waals surface area (Å²) >= 11 is 10.2. The third-order valence-corrected chi connectivity index (χ3v) is 6.85. The lowest BCUT2D eigenvalue weighted by atomic mass is 10.1. The SMILES string of the molecule is CCCN1C(=O)/C(=C2\SC(=S)N(C[C@H]3CCCO3)C2=O)c2cc(Br)ccc21. The van der Waals surface area contributed by atoms with E-state index in [2.05, 4.69) is 15.9 Å². The van der Waals surface area contributed by atoms with Crippen LogP contribution in [0.3, 0.4) is 0 Å². The van der Waals surface area contributed by atoms with Gasteiger partial charge >= 0.3 is 0 Å². The van der Waals surface area contributed by atoms with Gasteiger partial charge in [0, 0.05) is 23.2 Å². The summed E-state index contributed by atoms with van der Waals surface area (Å²) in [6.07, 6.45) is 2.80. The van der Waals surface area contributed by atoms with Crippen LogP contribution in [-0.4, -0.2) is 46.8 Å². The molecule has 5 nitrogen and oxygen atoms in total. The number of fused-ring (bicyclic) bond motifs is 1. The second-order valence-corrected chi connectivity index (χ2v) is 9.30. The Morgan fingerprint density at radius 1 is 1.30 bits per heavy atom. The number of anilines is 1. The Kier molecular flexibility index (Phi) is 5.42. The van der Waals surface area contributed by atoms with Crippen LogP contribution in [0, 0.1) is 0 Å². The molecule has 2 saturated heterocycles. The van der Waals surface area contributed by atoms with Crippen molar-refractivity contribution >= 4 is 67.3 Å². The lowest BCUT2D eigenvalue weighted by Gasteiger charge is -2.18. The molecule has 0 aromatic heterocycles. The number of hydrogen-bond acceptors (Lipinski definition) is 5. The zero-order chi connectivity index (χ0) is 19.1. The number of carbonyl (C=O) groups is 2. The second-order valence-electron chi connectivity index (χ2n) is 6.74. The molecule has 0 unspecified atom stereocenters. The van der Waals surface area contributed by atoms with E-state index in [0.717, 1.165) is 41.6 Å². The number of halogens is 1. The molecule has 1 aromatic carbocycles. The van der Waals surface area contributed by atoms with E-state index in [0.29, 0.717) is 27.9 Å². The number of hydrogen-bond donors (Lipinski definition) is 0. The topological polar surface area (TPSA) is 49.9 Å². The van der Waals surface area contributed by atoms with Crippen molar-refractivity contribution in [2.75, 3.05) is 24.6 Å². The lowest BCUT2D eigenvalue weighted by molar-refractivity contribution is -0.123. The van der Waals surface area contributed by atoms with Crippen LogP contribution in [0.5, 0.6) is 0 Å². The van der Waals surface area contributed by atoms with Crippen LogP contribution in [0.2, 0.25) is 0 Å². The molecule has 0 radical (unpaired) electrons. The van der Waals surface area contributed by atoms with E-state index in [1.54, 1.807) is 9.80 Å². The highest BCUT2D eigenvalue weighted by atomic mass is 79.9. The van der Waals surface area contributed by atoms with Gasteiger partial charge in [-0.05, 0) is 37.5 Å². The van der Waals surface area contributed by atoms with Crippen LogP contribution in [0.25, 0.3) is 5.57 Å². The first-order valence-electron chi connectivity index (χ1n) is 9.02. The molecule has 3 aliphatic rings. The van der Waals surface area contributed by atoms with Gasteiger partial charge in [-0.3, -0.25) is 14.5 Å². The Morgan fingerprint density at radius 2 is 2.11 bits per heavy atom. The number of ether oxygens (including phenoxy) is 1. The molecule has 3 heterocycles. The van der Waals surface area contributed by atoms with Crippen molar-refractivity contribution in [2.45, 2.75) is 32.3 Å². The Balaban J connectivity index is 1.73. The van der Waals surface area contributed by atoms with Crippen molar-refractivity contribution in [1.29, 1.82) is 0 Å². The molecule has 1 atom stereocenters. The minimum Gasteiger partial charge on any atom is -0.376 e. The molecule has 4 rings (SSSR count). The third-order valence-electron chi connectivity index (χ3n) is 4.91. The molecule has 2 amide bonds. The predicted octanol–water partition coefficient (Wildman–Crippen LogP) is 3.96. The first kappa shape index (κ1) is 19.1. The Morgan fingerprint density at radius 3 is 2.81 bits per heavy atom. The maximum absolute atomic E-state index is 13.2. The van der Waals surface area contributed by atoms with Gasteiger partial charge in [-0.2, -0.15) is 0 Å². The van der Waals surface area contributed by atoms with Crippen molar-refractivity contribution in [3.05, 3.63) is 33.1 Å². The van der Waals surface area contributed by atoms with E-state index >= 15 is 0 Å². The van der Waals surface area contributed by atoms with Crippen LogP contribution in [0.1, 0.15) is 31.7 Å². The molecular weight excluding hydrogens is 448 g/mol. The van der Waals surface area contributed by atoms with Gasteiger partial charge in [0.15, 0.2) is 0 Å². The fourth-order valence-corrected chi connectivity index (χ4v) is 5.38. The van der Waals surface area contributed by atoms with Gasteiger partial charge in [0.1, 0.15) is 4.32 Å². The van der Waals surface area contributed by atoms with Gasteiger partial charge in [-0.25, -0.2) is 0 Å². The summed E-state index contributed by atoms with van der Waals surface area (Å²) in [6.45, 7) is 3.84. The van der Waals surface area contributed by atoms with Gasteiger partial charge in [-0.1, -0.05) is 46.8 Å². The molecule has 8 heteroatoms. The summed E-state index contributed by atoms with van der Waals surface area (Å²) in [7, 11) is 0. The minimum atomic E-state index is -0.187. The zero-order valence-corrected chi connectivity index (χ0v) is 18.1. The highest BCUT2D eigenvalue weighted by Crippen LogP contribution is 2.45. The molecule has 2 fully saturated rings. The predicted molar refractivity (Wildman–Crippen MR) is 115 cm³/mol. The number of amides is 2. The van der Waals surface area contributed by atoms with E-state index in [9.17, 15) is 9.59 Å². The fourth-order valence-electron chi connectivity index (χ4n) is 3.67. The van der Waals surface area contributed by atoms with Gasteiger partial charge in [0.05, 0.1) is 28.8 Å². The molecule has 1 aromatic rings. The second kappa shape index (κ2) is 7.66. The highest BCUT2D eigenvalue weighted by molar-refractivity contribution is 9.10. The summed E-state index contributed by atoms with van der Waals surface area (Å²) in [4.78, 5) is 30.0. The molecule has 0 bridgehead atoms. The average Bonchev–Trinajstić information content (AvgIpc) is 3.31. The van der Waals surface area contributed by atoms with E-state index in [-0.39, 0.29) is 17.9 Å². The maximum Gasteiger partial charge on any atom is 0.267 e. The smallest absolute Gasteiger partial charge is 0.267 e. The van der Waals surface area contributed by atoms with Crippen molar-refractivity contribution in [3.63, 3.8) is 0 Å². The van der Waals surface area contributed by atoms with E-state index in [1.807, 2.05) is 25.1 Å². The van der Waals surface area contributed by atoms with E-state index < -0.39 is 0 Å². The van der Waals surface area contributed by atoms with Crippen molar-refractivity contribution in [2.24, 2.45) is 0 Å². The van der Waals surface area contributed by atoms with Crippen molar-refractivity contribution in [3.8, 4) is 0 Å². The lowest BCUT2D eigenvalue weighted by Crippen LogP contribution is -2.35. The van der Waals surface area contributed by atoms with Gasteiger partial charge in [0.25, 0.3) is 11.8 Å². The fraction of sp³-hybridized carbons (Fsp3) is 0.421. The van der Waals surface area contributed by atoms with Gasteiger partial charge < -0.3 is 9.64 Å². The first-order chi connectivity index (χ1) is 13.0. The van der Waals surface area contributed by atoms with E-state index in [1.165, 1.54) is 11.8 Å². The Bertz CT molecular complexity index is 865. The first-order valence-corrected chi connectivity index (χ1v) is 11.0. The van der Waals surface area contributed by atoms with Crippen molar-refractivity contribution < 1.29 is 14.3 Å². The Hall–Kier alpha value is -1.22. The number of thiocarbonyl (C=S) groups is 1. The molecule has 142 valence electrons. The number of nitrogens with zero attached hydrogens (tertiary/aromatic N) is 2. The van der Waals surface area contributed by atoms with E-state index in [4.69, 9.17) is 17.0 Å². The molecule has 0 spiro atoms. The summed E-state index contributed by atoms with van der Waals surface area (Å²) in [5.41, 5.74) is 2.11. The number of benzene rings is 1. The monoisotopic (exact) mass is 466 g/mol. The maximum atomic E-state index is 13.2. The average molecular weight is 467 g/mol. The van der Waals surface area contributed by atoms with Crippen LogP contribution in [0.4, 0.5) is 5.69 Å². The molecule has 27 heavy (non-hydrogen) atoms. The van der Waals surface area contributed by atoms with Crippen LogP contribution in [-0.2, 0) is 14.3 Å². The largest absolute Gasteiger partial charge is 0.376 e. The molecule has 0 aliphatic carbocycles. The highest BCUT2D eigenvalue weighted by Gasteiger charge is 2.42. The van der Waals surface area contributed by atoms with Gasteiger partial charge in [0.2, 0.25) is 0 Å². The molecule has 0 saturated carbocycles. The molecule has 3 aliphatic heterocycles. The molecular formula is C19H19BrN2O3S2. The third kappa shape index (κ3) is 3.37. The van der Waals surface area contributed by atoms with Gasteiger partial charge in [-0.15, -0.1) is 0 Å².